The van der Waals surface area contributed by atoms with Crippen LogP contribution >= 0.6 is 11.6 Å². The van der Waals surface area contributed by atoms with E-state index in [1.807, 2.05) is 0 Å². The van der Waals surface area contributed by atoms with Gasteiger partial charge in [0, 0.05) is 11.6 Å². The normalized spacial score (nSPS) is 11.0. The number of furan rings is 1. The van der Waals surface area contributed by atoms with Crippen molar-refractivity contribution in [3.63, 3.8) is 0 Å². The van der Waals surface area contributed by atoms with E-state index in [1.54, 1.807) is 4.98 Å². The van der Waals surface area contributed by atoms with E-state index in [4.69, 9.17) is 16.0 Å². The molecule has 28 heavy (non-hydrogen) atoms. The van der Waals surface area contributed by atoms with Gasteiger partial charge in [0.2, 0.25) is 0 Å². The second kappa shape index (κ2) is 7.32. The van der Waals surface area contributed by atoms with E-state index in [-0.39, 0.29) is 27.9 Å². The summed E-state index contributed by atoms with van der Waals surface area (Å²) in [6, 6.07) is 7.16. The van der Waals surface area contributed by atoms with Gasteiger partial charge in [0.05, 0.1) is 9.85 Å². The lowest BCUT2D eigenvalue weighted by Crippen LogP contribution is -2.25. The minimum absolute atomic E-state index is 0.0222. The number of nitrogens with zero attached hydrogens (tertiary/aromatic N) is 2. The number of benzene rings is 1. The minimum Gasteiger partial charge on any atom is -0.457 e. The van der Waals surface area contributed by atoms with Gasteiger partial charge in [-0.25, -0.2) is 4.79 Å². The van der Waals surface area contributed by atoms with Crippen molar-refractivity contribution in [1.82, 2.24) is 9.97 Å². The Balaban J connectivity index is 1.96. The fraction of sp³-hybridized carbons (Fsp3) is 0. The van der Waals surface area contributed by atoms with Crippen molar-refractivity contribution in [1.29, 1.82) is 0 Å². The summed E-state index contributed by atoms with van der Waals surface area (Å²) < 4.78 is 5.53. The summed E-state index contributed by atoms with van der Waals surface area (Å²) in [5.74, 6) is 0.511. The van der Waals surface area contributed by atoms with Crippen LogP contribution in [0.3, 0.4) is 0 Å². The highest BCUT2D eigenvalue weighted by atomic mass is 35.5. The van der Waals surface area contributed by atoms with Crippen molar-refractivity contribution in [2.45, 2.75) is 0 Å². The number of aromatic nitrogens is 2. The first kappa shape index (κ1) is 18.8. The molecule has 3 rings (SSSR count). The first-order chi connectivity index (χ1) is 13.3. The Morgan fingerprint density at radius 1 is 1.00 bits per heavy atom. The van der Waals surface area contributed by atoms with Gasteiger partial charge in [0.25, 0.3) is 5.69 Å². The molecular formula is C16H9ClN4O7. The molecule has 1 aromatic carbocycles. The molecule has 0 atom stereocenters. The molecule has 2 N–H and O–H groups in total. The second-order valence-electron chi connectivity index (χ2n) is 5.39. The number of rotatable bonds is 5. The monoisotopic (exact) mass is 404 g/mol. The lowest BCUT2D eigenvalue weighted by atomic mass is 10.1. The molecule has 0 saturated heterocycles. The zero-order chi connectivity index (χ0) is 20.4. The van der Waals surface area contributed by atoms with Crippen LogP contribution in [-0.2, 0) is 0 Å². The second-order valence-corrected chi connectivity index (χ2v) is 5.79. The smallest absolute Gasteiger partial charge is 0.357 e. The number of nitro groups is 2. The highest BCUT2D eigenvalue weighted by molar-refractivity contribution is 6.32. The summed E-state index contributed by atoms with van der Waals surface area (Å²) >= 11 is 5.77. The van der Waals surface area contributed by atoms with Crippen LogP contribution < -0.4 is 11.2 Å². The number of hydrogen-bond donors (Lipinski definition) is 2. The number of H-pyrrole nitrogens is 2. The van der Waals surface area contributed by atoms with Gasteiger partial charge in [0.1, 0.15) is 22.2 Å². The number of nitro benzene ring substituents is 1. The highest BCUT2D eigenvalue weighted by Gasteiger charge is 2.19. The first-order valence-corrected chi connectivity index (χ1v) is 7.87. The molecule has 11 nitrogen and oxygen atoms in total. The SMILES string of the molecule is O=c1[nH]c(/C=C\c2ccc(-c3ccc(Cl)c([N+](=O)[O-])c3)o2)c([N+](=O)[O-])c(=O)[nH]1. The summed E-state index contributed by atoms with van der Waals surface area (Å²) in [6.07, 6.45) is 2.44. The quantitative estimate of drug-likeness (QED) is 0.487. The molecule has 2 heterocycles. The van der Waals surface area contributed by atoms with Crippen LogP contribution in [0.25, 0.3) is 23.5 Å². The zero-order valence-electron chi connectivity index (χ0n) is 13.7. The lowest BCUT2D eigenvalue weighted by Gasteiger charge is -1.99. The molecule has 2 aromatic heterocycles. The number of nitrogens with one attached hydrogen (secondary N) is 2. The average Bonchev–Trinajstić information content (AvgIpc) is 3.08. The molecule has 0 aliphatic carbocycles. The van der Waals surface area contributed by atoms with Crippen molar-refractivity contribution in [3.05, 3.63) is 87.9 Å². The molecule has 0 unspecified atom stereocenters. The summed E-state index contributed by atoms with van der Waals surface area (Å²) in [7, 11) is 0. The van der Waals surface area contributed by atoms with Crippen LogP contribution in [0.2, 0.25) is 5.02 Å². The Labute approximate surface area is 159 Å². The van der Waals surface area contributed by atoms with Crippen molar-refractivity contribution in [2.75, 3.05) is 0 Å². The van der Waals surface area contributed by atoms with Crippen molar-refractivity contribution < 1.29 is 14.3 Å². The van der Waals surface area contributed by atoms with Crippen LogP contribution in [0.5, 0.6) is 0 Å². The molecule has 0 amide bonds. The van der Waals surface area contributed by atoms with Gasteiger partial charge in [-0.2, -0.15) is 0 Å². The molecule has 142 valence electrons. The third kappa shape index (κ3) is 3.73. The van der Waals surface area contributed by atoms with Crippen LogP contribution in [-0.4, -0.2) is 19.8 Å². The lowest BCUT2D eigenvalue weighted by molar-refractivity contribution is -0.386. The van der Waals surface area contributed by atoms with E-state index in [9.17, 15) is 29.8 Å². The van der Waals surface area contributed by atoms with Gasteiger partial charge in [0.15, 0.2) is 0 Å². The van der Waals surface area contributed by atoms with Crippen LogP contribution in [0.15, 0.2) is 44.3 Å². The van der Waals surface area contributed by atoms with Crippen molar-refractivity contribution >= 4 is 35.1 Å². The number of halogens is 1. The molecule has 0 bridgehead atoms. The fourth-order valence-corrected chi connectivity index (χ4v) is 2.55. The van der Waals surface area contributed by atoms with Crippen LogP contribution in [0, 0.1) is 20.2 Å². The average molecular weight is 405 g/mol. The number of aromatic amines is 2. The standard InChI is InChI=1S/C16H9ClN4O7/c17-10-4-1-8(7-12(10)20(24)25)13-6-3-9(28-13)2-5-11-14(21(26)27)15(22)19-16(23)18-11/h1-7H,(H2,18,19,22,23)/b5-2-. The predicted molar refractivity (Wildman–Crippen MR) is 99.1 cm³/mol. The van der Waals surface area contributed by atoms with Gasteiger partial charge in [-0.05, 0) is 36.4 Å². The molecule has 0 aliphatic rings. The van der Waals surface area contributed by atoms with E-state index in [0.29, 0.717) is 5.56 Å². The van der Waals surface area contributed by atoms with Gasteiger partial charge in [-0.3, -0.25) is 30.0 Å². The summed E-state index contributed by atoms with van der Waals surface area (Å²) in [6.45, 7) is 0. The van der Waals surface area contributed by atoms with Gasteiger partial charge in [-0.1, -0.05) is 11.6 Å². The molecule has 0 fully saturated rings. The van der Waals surface area contributed by atoms with E-state index in [2.05, 4.69) is 4.98 Å². The van der Waals surface area contributed by atoms with Gasteiger partial charge < -0.3 is 9.40 Å². The Hall–Kier alpha value is -3.99. The topological polar surface area (TPSA) is 165 Å². The molecule has 12 heteroatoms. The number of hydrogen-bond acceptors (Lipinski definition) is 7. The molecular weight excluding hydrogens is 396 g/mol. The predicted octanol–water partition coefficient (Wildman–Crippen LogP) is 2.96. The fourth-order valence-electron chi connectivity index (χ4n) is 2.37. The largest absolute Gasteiger partial charge is 0.457 e. The molecule has 3 aromatic rings. The zero-order valence-corrected chi connectivity index (χ0v) is 14.4. The van der Waals surface area contributed by atoms with E-state index < -0.39 is 26.8 Å². The Morgan fingerprint density at radius 3 is 2.43 bits per heavy atom. The Morgan fingerprint density at radius 2 is 1.75 bits per heavy atom. The molecule has 0 spiro atoms. The highest BCUT2D eigenvalue weighted by Crippen LogP contribution is 2.31. The van der Waals surface area contributed by atoms with E-state index in [0.717, 1.165) is 6.08 Å². The van der Waals surface area contributed by atoms with Crippen molar-refractivity contribution in [3.8, 4) is 11.3 Å². The minimum atomic E-state index is -1.14. The van der Waals surface area contributed by atoms with Crippen LogP contribution in [0.4, 0.5) is 11.4 Å². The van der Waals surface area contributed by atoms with E-state index in [1.165, 1.54) is 36.4 Å². The summed E-state index contributed by atoms with van der Waals surface area (Å²) in [4.78, 5) is 47.3. The summed E-state index contributed by atoms with van der Waals surface area (Å²) in [5, 5.41) is 22.0. The molecule has 0 aliphatic heterocycles. The Kier molecular flexibility index (Phi) is 4.92. The maximum absolute atomic E-state index is 11.6. The van der Waals surface area contributed by atoms with Crippen molar-refractivity contribution in [2.24, 2.45) is 0 Å². The molecule has 0 saturated carbocycles. The van der Waals surface area contributed by atoms with Gasteiger partial charge >= 0.3 is 16.9 Å². The third-order valence-electron chi connectivity index (χ3n) is 3.60. The Bertz CT molecular complexity index is 1240. The van der Waals surface area contributed by atoms with Crippen LogP contribution in [0.1, 0.15) is 11.5 Å². The maximum Gasteiger partial charge on any atom is 0.357 e. The maximum atomic E-state index is 11.6. The third-order valence-corrected chi connectivity index (χ3v) is 3.92. The first-order valence-electron chi connectivity index (χ1n) is 7.49. The van der Waals surface area contributed by atoms with Gasteiger partial charge in [-0.15, -0.1) is 0 Å². The summed E-state index contributed by atoms with van der Waals surface area (Å²) in [5.41, 5.74) is -3.06. The molecule has 0 radical (unpaired) electrons. The van der Waals surface area contributed by atoms with E-state index >= 15 is 0 Å².